The molecule has 172 valence electrons. The van der Waals surface area contributed by atoms with Crippen LogP contribution in [-0.4, -0.2) is 39.0 Å². The molecule has 0 atom stereocenters. The fourth-order valence-corrected chi connectivity index (χ4v) is 3.65. The molecule has 2 aromatic carbocycles. The van der Waals surface area contributed by atoms with Crippen molar-refractivity contribution in [2.24, 2.45) is 0 Å². The van der Waals surface area contributed by atoms with Gasteiger partial charge in [0.25, 0.3) is 0 Å². The number of hydrogen-bond acceptors (Lipinski definition) is 7. The normalized spacial score (nSPS) is 10.5. The molecule has 0 aliphatic carbocycles. The van der Waals surface area contributed by atoms with Gasteiger partial charge in [-0.1, -0.05) is 29.4 Å². The lowest BCUT2D eigenvalue weighted by Crippen LogP contribution is -2.15. The van der Waals surface area contributed by atoms with Crippen molar-refractivity contribution >= 4 is 40.9 Å². The van der Waals surface area contributed by atoms with Crippen LogP contribution < -0.4 is 10.1 Å². The van der Waals surface area contributed by atoms with E-state index < -0.39 is 5.97 Å². The van der Waals surface area contributed by atoms with E-state index in [1.54, 1.807) is 61.5 Å². The standard InChI is InChI=1S/C23H23ClN4O4S/c1-3-13-28-20(14-32-19-11-7-17(24)8-12-19)26-27-23(28)33-15-21(29)25-18-9-5-16(6-10-18)22(30)31-4-2/h3,5-12H,1,4,13-15H2,2H3,(H,25,29). The highest BCUT2D eigenvalue weighted by molar-refractivity contribution is 7.99. The van der Waals surface area contributed by atoms with E-state index >= 15 is 0 Å². The fraction of sp³-hybridized carbons (Fsp3) is 0.217. The third-order valence-electron chi connectivity index (χ3n) is 4.30. The Kier molecular flexibility index (Phi) is 8.91. The number of halogens is 1. The molecular weight excluding hydrogens is 464 g/mol. The number of nitrogens with one attached hydrogen (secondary N) is 1. The van der Waals surface area contributed by atoms with Gasteiger partial charge in [-0.25, -0.2) is 4.79 Å². The van der Waals surface area contributed by atoms with Gasteiger partial charge >= 0.3 is 5.97 Å². The van der Waals surface area contributed by atoms with Crippen LogP contribution in [0.25, 0.3) is 0 Å². The van der Waals surface area contributed by atoms with E-state index in [9.17, 15) is 9.59 Å². The minimum absolute atomic E-state index is 0.132. The number of ether oxygens (including phenoxy) is 2. The van der Waals surface area contributed by atoms with Crippen molar-refractivity contribution in [2.75, 3.05) is 17.7 Å². The molecule has 0 saturated carbocycles. The van der Waals surface area contributed by atoms with Gasteiger partial charge in [0.15, 0.2) is 11.0 Å². The van der Waals surface area contributed by atoms with Crippen LogP contribution in [0, 0.1) is 0 Å². The summed E-state index contributed by atoms with van der Waals surface area (Å²) in [5.41, 5.74) is 1.01. The van der Waals surface area contributed by atoms with E-state index in [1.807, 2.05) is 4.57 Å². The van der Waals surface area contributed by atoms with Crippen LogP contribution in [0.1, 0.15) is 23.1 Å². The third-order valence-corrected chi connectivity index (χ3v) is 5.52. The smallest absolute Gasteiger partial charge is 0.338 e. The number of esters is 1. The quantitative estimate of drug-likeness (QED) is 0.240. The highest BCUT2D eigenvalue weighted by atomic mass is 35.5. The minimum atomic E-state index is -0.400. The second-order valence-electron chi connectivity index (χ2n) is 6.68. The molecule has 3 rings (SSSR count). The first kappa shape index (κ1) is 24.3. The molecule has 0 fully saturated rings. The summed E-state index contributed by atoms with van der Waals surface area (Å²) in [5.74, 6) is 0.796. The van der Waals surface area contributed by atoms with Crippen LogP contribution in [0.4, 0.5) is 5.69 Å². The van der Waals surface area contributed by atoms with Crippen LogP contribution in [0.2, 0.25) is 5.02 Å². The zero-order valence-electron chi connectivity index (χ0n) is 18.0. The van der Waals surface area contributed by atoms with Crippen molar-refractivity contribution in [1.29, 1.82) is 0 Å². The molecule has 0 radical (unpaired) electrons. The molecule has 10 heteroatoms. The molecule has 0 spiro atoms. The number of amides is 1. The number of carbonyl (C=O) groups excluding carboxylic acids is 2. The van der Waals surface area contributed by atoms with Gasteiger partial charge in [0, 0.05) is 17.3 Å². The zero-order valence-corrected chi connectivity index (χ0v) is 19.6. The first-order chi connectivity index (χ1) is 16.0. The lowest BCUT2D eigenvalue weighted by Gasteiger charge is -2.09. The maximum atomic E-state index is 12.4. The van der Waals surface area contributed by atoms with Gasteiger partial charge < -0.3 is 14.8 Å². The number of anilines is 1. The van der Waals surface area contributed by atoms with Crippen LogP contribution in [0.5, 0.6) is 5.75 Å². The Morgan fingerprint density at radius 3 is 2.55 bits per heavy atom. The molecule has 0 unspecified atom stereocenters. The van der Waals surface area contributed by atoms with Gasteiger partial charge in [-0.3, -0.25) is 9.36 Å². The molecule has 1 amide bonds. The summed E-state index contributed by atoms with van der Waals surface area (Å²) in [7, 11) is 0. The molecule has 1 aromatic heterocycles. The average molecular weight is 487 g/mol. The van der Waals surface area contributed by atoms with Gasteiger partial charge in [-0.2, -0.15) is 0 Å². The molecule has 1 N–H and O–H groups in total. The number of allylic oxidation sites excluding steroid dienone is 1. The van der Waals surface area contributed by atoms with Crippen molar-refractivity contribution in [1.82, 2.24) is 14.8 Å². The van der Waals surface area contributed by atoms with Gasteiger partial charge in [-0.15, -0.1) is 16.8 Å². The van der Waals surface area contributed by atoms with Crippen molar-refractivity contribution in [3.05, 3.63) is 77.6 Å². The van der Waals surface area contributed by atoms with Gasteiger partial charge in [-0.05, 0) is 55.5 Å². The lowest BCUT2D eigenvalue weighted by atomic mass is 10.2. The minimum Gasteiger partial charge on any atom is -0.486 e. The van der Waals surface area contributed by atoms with Crippen LogP contribution in [0.3, 0.4) is 0 Å². The summed E-state index contributed by atoms with van der Waals surface area (Å²) in [6.45, 7) is 6.51. The SMILES string of the molecule is C=CCn1c(COc2ccc(Cl)cc2)nnc1SCC(=O)Nc1ccc(C(=O)OCC)cc1. The van der Waals surface area contributed by atoms with E-state index in [4.69, 9.17) is 21.1 Å². The number of aromatic nitrogens is 3. The highest BCUT2D eigenvalue weighted by Gasteiger charge is 2.14. The molecule has 0 aliphatic heterocycles. The van der Waals surface area contributed by atoms with Gasteiger partial charge in [0.1, 0.15) is 12.4 Å². The molecule has 0 saturated heterocycles. The maximum Gasteiger partial charge on any atom is 0.338 e. The Labute approximate surface area is 200 Å². The maximum absolute atomic E-state index is 12.4. The Hall–Kier alpha value is -3.30. The predicted molar refractivity (Wildman–Crippen MR) is 128 cm³/mol. The average Bonchev–Trinajstić information content (AvgIpc) is 3.19. The summed E-state index contributed by atoms with van der Waals surface area (Å²) >= 11 is 7.15. The van der Waals surface area contributed by atoms with Crippen LogP contribution in [-0.2, 0) is 22.7 Å². The topological polar surface area (TPSA) is 95.3 Å². The molecule has 3 aromatic rings. The summed E-state index contributed by atoms with van der Waals surface area (Å²) in [4.78, 5) is 24.1. The number of nitrogens with zero attached hydrogens (tertiary/aromatic N) is 3. The predicted octanol–water partition coefficient (Wildman–Crippen LogP) is 4.60. The van der Waals surface area contributed by atoms with Crippen LogP contribution in [0.15, 0.2) is 66.3 Å². The Balaban J connectivity index is 1.56. The number of hydrogen-bond donors (Lipinski definition) is 1. The van der Waals surface area contributed by atoms with Crippen molar-refractivity contribution in [2.45, 2.75) is 25.2 Å². The van der Waals surface area contributed by atoms with Crippen LogP contribution >= 0.6 is 23.4 Å². The van der Waals surface area contributed by atoms with E-state index in [-0.39, 0.29) is 18.3 Å². The summed E-state index contributed by atoms with van der Waals surface area (Å²) in [6, 6.07) is 13.6. The van der Waals surface area contributed by atoms with E-state index in [0.29, 0.717) is 46.2 Å². The molecule has 33 heavy (non-hydrogen) atoms. The summed E-state index contributed by atoms with van der Waals surface area (Å²) < 4.78 is 12.5. The molecule has 8 nitrogen and oxygen atoms in total. The van der Waals surface area contributed by atoms with E-state index in [1.165, 1.54) is 11.8 Å². The van der Waals surface area contributed by atoms with Crippen molar-refractivity contribution in [3.63, 3.8) is 0 Å². The van der Waals surface area contributed by atoms with Crippen molar-refractivity contribution in [3.8, 4) is 5.75 Å². The largest absolute Gasteiger partial charge is 0.486 e. The number of benzene rings is 2. The van der Waals surface area contributed by atoms with Crippen molar-refractivity contribution < 1.29 is 19.1 Å². The second-order valence-corrected chi connectivity index (χ2v) is 8.05. The fourth-order valence-electron chi connectivity index (χ4n) is 2.75. The Morgan fingerprint density at radius 1 is 1.15 bits per heavy atom. The molecular formula is C23H23ClN4O4S. The highest BCUT2D eigenvalue weighted by Crippen LogP contribution is 2.20. The summed E-state index contributed by atoms with van der Waals surface area (Å²) in [5, 5.41) is 12.4. The first-order valence-electron chi connectivity index (χ1n) is 10.1. The second kappa shape index (κ2) is 12.1. The number of rotatable bonds is 11. The number of carbonyl (C=O) groups is 2. The first-order valence-corrected chi connectivity index (χ1v) is 11.5. The number of thioether (sulfide) groups is 1. The third kappa shape index (κ3) is 7.10. The monoisotopic (exact) mass is 486 g/mol. The van der Waals surface area contributed by atoms with Gasteiger partial charge in [0.05, 0.1) is 17.9 Å². The Bertz CT molecular complexity index is 1100. The lowest BCUT2D eigenvalue weighted by molar-refractivity contribution is -0.113. The van der Waals surface area contributed by atoms with E-state index in [0.717, 1.165) is 0 Å². The molecule has 1 heterocycles. The Morgan fingerprint density at radius 2 is 1.88 bits per heavy atom. The van der Waals surface area contributed by atoms with Gasteiger partial charge in [0.2, 0.25) is 5.91 Å². The zero-order chi connectivity index (χ0) is 23.6. The summed E-state index contributed by atoms with van der Waals surface area (Å²) in [6.07, 6.45) is 1.73. The molecule has 0 bridgehead atoms. The molecule has 0 aliphatic rings. The van der Waals surface area contributed by atoms with E-state index in [2.05, 4.69) is 22.1 Å².